The number of rotatable bonds is 8. The highest BCUT2D eigenvalue weighted by Crippen LogP contribution is 2.33. The lowest BCUT2D eigenvalue weighted by Crippen LogP contribution is -2.28. The number of nitrogens with zero attached hydrogens (tertiary/aromatic N) is 1. The second kappa shape index (κ2) is 9.23. The van der Waals surface area contributed by atoms with E-state index < -0.39 is 11.9 Å². The van der Waals surface area contributed by atoms with Gasteiger partial charge in [-0.1, -0.05) is 24.3 Å². The molecule has 2 aromatic carbocycles. The standard InChI is InChI=1S/C22H24N2O5/c1-2-29-19-6-4-3-5-18(19)24-14-16(13-20(24)25)22(28)23-17-10-7-15(8-11-17)9-12-21(26)27/h3-8,10-11,16H,2,9,12-14H2,1H3,(H,23,28)(H,26,27). The maximum atomic E-state index is 12.6. The quantitative estimate of drug-likeness (QED) is 0.715. The van der Waals surface area contributed by atoms with Gasteiger partial charge in [-0.2, -0.15) is 0 Å². The van der Waals surface area contributed by atoms with E-state index in [4.69, 9.17) is 9.84 Å². The highest BCUT2D eigenvalue weighted by atomic mass is 16.5. The van der Waals surface area contributed by atoms with Crippen molar-refractivity contribution in [2.75, 3.05) is 23.4 Å². The number of para-hydroxylation sites is 2. The van der Waals surface area contributed by atoms with E-state index in [0.717, 1.165) is 5.56 Å². The van der Waals surface area contributed by atoms with Gasteiger partial charge >= 0.3 is 5.97 Å². The van der Waals surface area contributed by atoms with Crippen LogP contribution in [0.3, 0.4) is 0 Å². The molecule has 0 bridgehead atoms. The first-order valence-electron chi connectivity index (χ1n) is 9.61. The Bertz CT molecular complexity index is 894. The molecule has 1 heterocycles. The molecule has 0 aromatic heterocycles. The van der Waals surface area contributed by atoms with E-state index in [9.17, 15) is 14.4 Å². The Morgan fingerprint density at radius 2 is 1.90 bits per heavy atom. The van der Waals surface area contributed by atoms with Crippen molar-refractivity contribution in [1.82, 2.24) is 0 Å². The molecule has 1 unspecified atom stereocenters. The molecule has 2 aromatic rings. The zero-order valence-corrected chi connectivity index (χ0v) is 16.3. The molecular weight excluding hydrogens is 372 g/mol. The maximum absolute atomic E-state index is 12.6. The predicted molar refractivity (Wildman–Crippen MR) is 109 cm³/mol. The zero-order chi connectivity index (χ0) is 20.8. The summed E-state index contributed by atoms with van der Waals surface area (Å²) in [6, 6.07) is 14.4. The van der Waals surface area contributed by atoms with Gasteiger partial charge in [0.1, 0.15) is 5.75 Å². The van der Waals surface area contributed by atoms with Gasteiger partial charge in [0.2, 0.25) is 11.8 Å². The topological polar surface area (TPSA) is 95.9 Å². The van der Waals surface area contributed by atoms with Gasteiger partial charge in [-0.15, -0.1) is 0 Å². The number of aliphatic carboxylic acids is 1. The van der Waals surface area contributed by atoms with E-state index >= 15 is 0 Å². The Balaban J connectivity index is 1.63. The summed E-state index contributed by atoms with van der Waals surface area (Å²) in [5, 5.41) is 11.6. The third kappa shape index (κ3) is 5.13. The number of amides is 2. The molecule has 1 aliphatic heterocycles. The van der Waals surface area contributed by atoms with Gasteiger partial charge in [0, 0.05) is 25.1 Å². The first-order chi connectivity index (χ1) is 14.0. The molecule has 0 spiro atoms. The van der Waals surface area contributed by atoms with Crippen LogP contribution < -0.4 is 15.0 Å². The molecule has 7 heteroatoms. The number of carbonyl (C=O) groups is 3. The lowest BCUT2D eigenvalue weighted by molar-refractivity contribution is -0.137. The van der Waals surface area contributed by atoms with Gasteiger partial charge in [-0.25, -0.2) is 0 Å². The van der Waals surface area contributed by atoms with Gasteiger partial charge in [0.05, 0.1) is 18.2 Å². The monoisotopic (exact) mass is 396 g/mol. The van der Waals surface area contributed by atoms with Crippen LogP contribution in [0.2, 0.25) is 0 Å². The minimum atomic E-state index is -0.844. The number of aryl methyl sites for hydroxylation is 1. The van der Waals surface area contributed by atoms with E-state index in [2.05, 4.69) is 5.32 Å². The lowest BCUT2D eigenvalue weighted by atomic mass is 10.1. The smallest absolute Gasteiger partial charge is 0.303 e. The minimum Gasteiger partial charge on any atom is -0.492 e. The number of carboxylic acid groups (broad SMARTS) is 1. The van der Waals surface area contributed by atoms with Gasteiger partial charge < -0.3 is 20.1 Å². The van der Waals surface area contributed by atoms with Crippen molar-refractivity contribution in [3.63, 3.8) is 0 Å². The third-order valence-corrected chi connectivity index (χ3v) is 4.80. The number of anilines is 2. The SMILES string of the molecule is CCOc1ccccc1N1CC(C(=O)Nc2ccc(CCC(=O)O)cc2)CC1=O. The number of carbonyl (C=O) groups excluding carboxylic acids is 2. The van der Waals surface area contributed by atoms with Crippen molar-refractivity contribution < 1.29 is 24.2 Å². The van der Waals surface area contributed by atoms with Crippen LogP contribution in [0.1, 0.15) is 25.3 Å². The van der Waals surface area contributed by atoms with Gasteiger partial charge in [0.25, 0.3) is 0 Å². The highest BCUT2D eigenvalue weighted by Gasteiger charge is 2.36. The highest BCUT2D eigenvalue weighted by molar-refractivity contribution is 6.04. The molecule has 152 valence electrons. The number of ether oxygens (including phenoxy) is 1. The first kappa shape index (κ1) is 20.4. The van der Waals surface area contributed by atoms with Crippen LogP contribution in [-0.4, -0.2) is 36.0 Å². The molecule has 2 amide bonds. The average molecular weight is 396 g/mol. The normalized spacial score (nSPS) is 16.0. The van der Waals surface area contributed by atoms with Crippen molar-refractivity contribution in [2.24, 2.45) is 5.92 Å². The molecule has 0 saturated carbocycles. The Kier molecular flexibility index (Phi) is 6.49. The molecule has 1 fully saturated rings. The summed E-state index contributed by atoms with van der Waals surface area (Å²) in [6.45, 7) is 2.67. The van der Waals surface area contributed by atoms with Crippen molar-refractivity contribution in [3.05, 3.63) is 54.1 Å². The van der Waals surface area contributed by atoms with Crippen LogP contribution in [0.15, 0.2) is 48.5 Å². The van der Waals surface area contributed by atoms with Crippen LogP contribution in [0.4, 0.5) is 11.4 Å². The molecule has 1 saturated heterocycles. The third-order valence-electron chi connectivity index (χ3n) is 4.80. The summed E-state index contributed by atoms with van der Waals surface area (Å²) in [6.07, 6.45) is 0.646. The number of hydrogen-bond donors (Lipinski definition) is 2. The Morgan fingerprint density at radius 3 is 2.59 bits per heavy atom. The molecular formula is C22H24N2O5. The fourth-order valence-electron chi connectivity index (χ4n) is 3.32. The molecule has 2 N–H and O–H groups in total. The maximum Gasteiger partial charge on any atom is 0.303 e. The Hall–Kier alpha value is -3.35. The fourth-order valence-corrected chi connectivity index (χ4v) is 3.32. The molecule has 0 radical (unpaired) electrons. The molecule has 1 aliphatic rings. The van der Waals surface area contributed by atoms with Gasteiger partial charge in [0.15, 0.2) is 0 Å². The van der Waals surface area contributed by atoms with E-state index in [1.807, 2.05) is 31.2 Å². The molecule has 0 aliphatic carbocycles. The van der Waals surface area contributed by atoms with E-state index in [1.54, 1.807) is 29.2 Å². The largest absolute Gasteiger partial charge is 0.492 e. The van der Waals surface area contributed by atoms with Crippen LogP contribution in [0, 0.1) is 5.92 Å². The van der Waals surface area contributed by atoms with Crippen LogP contribution in [-0.2, 0) is 20.8 Å². The summed E-state index contributed by atoms with van der Waals surface area (Å²) in [4.78, 5) is 37.4. The van der Waals surface area contributed by atoms with Gasteiger partial charge in [-0.05, 0) is 43.2 Å². The number of benzene rings is 2. The van der Waals surface area contributed by atoms with E-state index in [1.165, 1.54) is 0 Å². The van der Waals surface area contributed by atoms with Crippen molar-refractivity contribution >= 4 is 29.2 Å². The Morgan fingerprint density at radius 1 is 1.17 bits per heavy atom. The fraction of sp³-hybridized carbons (Fsp3) is 0.318. The molecule has 29 heavy (non-hydrogen) atoms. The van der Waals surface area contributed by atoms with E-state index in [0.29, 0.717) is 36.7 Å². The van der Waals surface area contributed by atoms with Crippen LogP contribution in [0.25, 0.3) is 0 Å². The summed E-state index contributed by atoms with van der Waals surface area (Å²) >= 11 is 0. The summed E-state index contributed by atoms with van der Waals surface area (Å²) < 4.78 is 5.60. The average Bonchev–Trinajstić information content (AvgIpc) is 3.10. The van der Waals surface area contributed by atoms with Crippen molar-refractivity contribution in [2.45, 2.75) is 26.2 Å². The zero-order valence-electron chi connectivity index (χ0n) is 16.3. The van der Waals surface area contributed by atoms with Gasteiger partial charge in [-0.3, -0.25) is 14.4 Å². The molecule has 1 atom stereocenters. The Labute approximate surface area is 169 Å². The predicted octanol–water partition coefficient (Wildman–Crippen LogP) is 3.09. The van der Waals surface area contributed by atoms with Crippen LogP contribution >= 0.6 is 0 Å². The summed E-state index contributed by atoms with van der Waals surface area (Å²) in [7, 11) is 0. The second-order valence-corrected chi connectivity index (χ2v) is 6.89. The van der Waals surface area contributed by atoms with E-state index in [-0.39, 0.29) is 24.7 Å². The first-order valence-corrected chi connectivity index (χ1v) is 9.61. The minimum absolute atomic E-state index is 0.0644. The summed E-state index contributed by atoms with van der Waals surface area (Å²) in [5.41, 5.74) is 2.19. The molecule has 7 nitrogen and oxygen atoms in total. The van der Waals surface area contributed by atoms with Crippen molar-refractivity contribution in [3.8, 4) is 5.75 Å². The number of hydrogen-bond acceptors (Lipinski definition) is 4. The lowest BCUT2D eigenvalue weighted by Gasteiger charge is -2.20. The number of nitrogens with one attached hydrogen (secondary N) is 1. The summed E-state index contributed by atoms with van der Waals surface area (Å²) in [5.74, 6) is -0.997. The van der Waals surface area contributed by atoms with Crippen molar-refractivity contribution in [1.29, 1.82) is 0 Å². The number of carboxylic acids is 1. The molecule has 3 rings (SSSR count). The van der Waals surface area contributed by atoms with Crippen LogP contribution in [0.5, 0.6) is 5.75 Å². The second-order valence-electron chi connectivity index (χ2n) is 6.89.